The molecule has 0 radical (unpaired) electrons. The lowest BCUT2D eigenvalue weighted by Gasteiger charge is -2.13. The average Bonchev–Trinajstić information content (AvgIpc) is 2.27. The van der Waals surface area contributed by atoms with Crippen LogP contribution in [0.15, 0.2) is 23.1 Å². The highest BCUT2D eigenvalue weighted by atomic mass is 35.7. The molecule has 0 bridgehead atoms. The maximum Gasteiger partial charge on any atom is 0.261 e. The number of halogens is 2. The Kier molecular flexibility index (Phi) is 5.28. The van der Waals surface area contributed by atoms with E-state index in [0.717, 1.165) is 18.2 Å². The van der Waals surface area contributed by atoms with E-state index in [9.17, 15) is 17.6 Å². The molecule has 0 aliphatic heterocycles. The summed E-state index contributed by atoms with van der Waals surface area (Å²) in [4.78, 5) is 11.5. The molecule has 8 heteroatoms. The van der Waals surface area contributed by atoms with Crippen LogP contribution < -0.4 is 5.32 Å². The third kappa shape index (κ3) is 4.45. The molecule has 0 aliphatic rings. The number of hydrogen-bond acceptors (Lipinski definition) is 4. The molecular weight excluding hydrogens is 297 g/mol. The Labute approximate surface area is 115 Å². The fourth-order valence-electron chi connectivity index (χ4n) is 1.42. The zero-order valence-electron chi connectivity index (χ0n) is 10.3. The molecule has 0 saturated carbocycles. The molecule has 106 valence electrons. The van der Waals surface area contributed by atoms with E-state index in [-0.39, 0.29) is 23.1 Å². The second-order valence-electron chi connectivity index (χ2n) is 3.91. The number of methoxy groups -OCH3 is 1. The summed E-state index contributed by atoms with van der Waals surface area (Å²) in [5.41, 5.74) is -0.385. The topological polar surface area (TPSA) is 72.5 Å². The van der Waals surface area contributed by atoms with Crippen LogP contribution in [0.5, 0.6) is 0 Å². The van der Waals surface area contributed by atoms with Crippen molar-refractivity contribution in [2.24, 2.45) is 0 Å². The van der Waals surface area contributed by atoms with E-state index in [1.54, 1.807) is 6.92 Å². The Morgan fingerprint density at radius 1 is 1.53 bits per heavy atom. The van der Waals surface area contributed by atoms with Crippen LogP contribution in [0.25, 0.3) is 0 Å². The quantitative estimate of drug-likeness (QED) is 0.837. The lowest BCUT2D eigenvalue weighted by Crippen LogP contribution is -2.36. The van der Waals surface area contributed by atoms with Crippen molar-refractivity contribution in [2.75, 3.05) is 13.7 Å². The normalized spacial score (nSPS) is 13.1. The van der Waals surface area contributed by atoms with Crippen LogP contribution in [0.1, 0.15) is 17.3 Å². The van der Waals surface area contributed by atoms with Gasteiger partial charge in [-0.1, -0.05) is 0 Å². The predicted molar refractivity (Wildman–Crippen MR) is 68.2 cm³/mol. The van der Waals surface area contributed by atoms with Gasteiger partial charge in [-0.25, -0.2) is 12.8 Å². The molecule has 5 nitrogen and oxygen atoms in total. The van der Waals surface area contributed by atoms with Crippen LogP contribution in [0.2, 0.25) is 0 Å². The molecule has 0 spiro atoms. The molecule has 1 aromatic rings. The van der Waals surface area contributed by atoms with Gasteiger partial charge in [0, 0.05) is 23.8 Å². The monoisotopic (exact) mass is 309 g/mol. The van der Waals surface area contributed by atoms with Crippen LogP contribution in [0.3, 0.4) is 0 Å². The van der Waals surface area contributed by atoms with Crippen molar-refractivity contribution in [1.29, 1.82) is 0 Å². The molecule has 0 aromatic heterocycles. The van der Waals surface area contributed by atoms with Crippen molar-refractivity contribution >= 4 is 25.6 Å². The second-order valence-corrected chi connectivity index (χ2v) is 6.48. The number of amides is 1. The van der Waals surface area contributed by atoms with Crippen molar-refractivity contribution in [3.8, 4) is 0 Å². The zero-order valence-corrected chi connectivity index (χ0v) is 11.9. The predicted octanol–water partition coefficient (Wildman–Crippen LogP) is 1.52. The molecule has 0 saturated heterocycles. The minimum absolute atomic E-state index is 0.251. The maximum atomic E-state index is 13.5. The number of nitrogens with one attached hydrogen (secondary N) is 1. The van der Waals surface area contributed by atoms with E-state index < -0.39 is 20.8 Å². The van der Waals surface area contributed by atoms with E-state index in [1.807, 2.05) is 0 Å². The number of carbonyl (C=O) groups is 1. The molecule has 1 rings (SSSR count). The lowest BCUT2D eigenvalue weighted by molar-refractivity contribution is 0.0901. The molecule has 1 amide bonds. The summed E-state index contributed by atoms with van der Waals surface area (Å²) in [6.07, 6.45) is 0. The van der Waals surface area contributed by atoms with E-state index in [4.69, 9.17) is 15.4 Å². The summed E-state index contributed by atoms with van der Waals surface area (Å²) in [6, 6.07) is 2.43. The molecule has 0 aliphatic carbocycles. The van der Waals surface area contributed by atoms with E-state index in [1.165, 1.54) is 7.11 Å². The SMILES string of the molecule is COCC(C)NC(=O)c1cc(S(=O)(=O)Cl)ccc1F. The summed E-state index contributed by atoms with van der Waals surface area (Å²) < 4.78 is 40.6. The molecule has 1 unspecified atom stereocenters. The van der Waals surface area contributed by atoms with Crippen LogP contribution in [0, 0.1) is 5.82 Å². The van der Waals surface area contributed by atoms with Gasteiger partial charge in [-0.2, -0.15) is 0 Å². The van der Waals surface area contributed by atoms with Crippen LogP contribution >= 0.6 is 10.7 Å². The summed E-state index contributed by atoms with van der Waals surface area (Å²) in [6.45, 7) is 1.92. The summed E-state index contributed by atoms with van der Waals surface area (Å²) >= 11 is 0. The molecule has 1 aromatic carbocycles. The number of ether oxygens (including phenoxy) is 1. The Bertz CT molecular complexity index is 576. The smallest absolute Gasteiger partial charge is 0.261 e. The number of benzene rings is 1. The highest BCUT2D eigenvalue weighted by Gasteiger charge is 2.18. The van der Waals surface area contributed by atoms with Crippen LogP contribution in [0.4, 0.5) is 4.39 Å². The van der Waals surface area contributed by atoms with Gasteiger partial charge < -0.3 is 10.1 Å². The fraction of sp³-hybridized carbons (Fsp3) is 0.364. The minimum atomic E-state index is -4.01. The first-order valence-corrected chi connectivity index (χ1v) is 7.60. The lowest BCUT2D eigenvalue weighted by atomic mass is 10.2. The number of carbonyl (C=O) groups excluding carboxylic acids is 1. The first-order valence-electron chi connectivity index (χ1n) is 5.29. The average molecular weight is 310 g/mol. The fourth-order valence-corrected chi connectivity index (χ4v) is 2.20. The second kappa shape index (κ2) is 6.31. The third-order valence-corrected chi connectivity index (χ3v) is 3.61. The summed E-state index contributed by atoms with van der Waals surface area (Å²) in [7, 11) is 2.59. The third-order valence-electron chi connectivity index (χ3n) is 2.26. The van der Waals surface area contributed by atoms with Gasteiger partial charge in [0.25, 0.3) is 15.0 Å². The van der Waals surface area contributed by atoms with Gasteiger partial charge in [-0.05, 0) is 25.1 Å². The first-order chi connectivity index (χ1) is 8.75. The van der Waals surface area contributed by atoms with Crippen molar-refractivity contribution in [3.05, 3.63) is 29.6 Å². The summed E-state index contributed by atoms with van der Waals surface area (Å²) in [5, 5.41) is 2.47. The largest absolute Gasteiger partial charge is 0.383 e. The standard InChI is InChI=1S/C11H13ClFNO4S/c1-7(6-18-2)14-11(15)9-5-8(19(12,16)17)3-4-10(9)13/h3-5,7H,6H2,1-2H3,(H,14,15). The Morgan fingerprint density at radius 3 is 2.68 bits per heavy atom. The van der Waals surface area contributed by atoms with E-state index in [0.29, 0.717) is 0 Å². The Morgan fingerprint density at radius 2 is 2.16 bits per heavy atom. The molecule has 1 N–H and O–H groups in total. The maximum absolute atomic E-state index is 13.5. The van der Waals surface area contributed by atoms with E-state index >= 15 is 0 Å². The number of rotatable bonds is 5. The van der Waals surface area contributed by atoms with Crippen molar-refractivity contribution in [2.45, 2.75) is 17.9 Å². The van der Waals surface area contributed by atoms with Crippen LogP contribution in [-0.4, -0.2) is 34.1 Å². The minimum Gasteiger partial charge on any atom is -0.383 e. The van der Waals surface area contributed by atoms with E-state index in [2.05, 4.69) is 5.32 Å². The Balaban J connectivity index is 3.03. The first kappa shape index (κ1) is 15.9. The van der Waals surface area contributed by atoms with Gasteiger partial charge in [0.2, 0.25) is 0 Å². The zero-order chi connectivity index (χ0) is 14.6. The Hall–Kier alpha value is -1.18. The van der Waals surface area contributed by atoms with Crippen LogP contribution in [-0.2, 0) is 13.8 Å². The molecular formula is C11H13ClFNO4S. The number of hydrogen-bond donors (Lipinski definition) is 1. The van der Waals surface area contributed by atoms with Gasteiger partial charge in [-0.3, -0.25) is 4.79 Å². The van der Waals surface area contributed by atoms with Crippen molar-refractivity contribution < 1.29 is 22.3 Å². The van der Waals surface area contributed by atoms with Crippen molar-refractivity contribution in [1.82, 2.24) is 5.32 Å². The van der Waals surface area contributed by atoms with Crippen molar-refractivity contribution in [3.63, 3.8) is 0 Å². The molecule has 1 atom stereocenters. The molecule has 0 fully saturated rings. The summed E-state index contributed by atoms with van der Waals surface area (Å²) in [5.74, 6) is -1.56. The van der Waals surface area contributed by atoms with Gasteiger partial charge >= 0.3 is 0 Å². The molecule has 19 heavy (non-hydrogen) atoms. The van der Waals surface area contributed by atoms with Gasteiger partial charge in [0.1, 0.15) is 5.82 Å². The van der Waals surface area contributed by atoms with Gasteiger partial charge in [0.05, 0.1) is 17.1 Å². The van der Waals surface area contributed by atoms with Gasteiger partial charge in [-0.15, -0.1) is 0 Å². The van der Waals surface area contributed by atoms with Gasteiger partial charge in [0.15, 0.2) is 0 Å². The molecule has 0 heterocycles. The highest BCUT2D eigenvalue weighted by Crippen LogP contribution is 2.18. The highest BCUT2D eigenvalue weighted by molar-refractivity contribution is 8.13.